The monoisotopic (exact) mass is 311 g/mol. The molecule has 1 unspecified atom stereocenters. The Morgan fingerprint density at radius 2 is 2.05 bits per heavy atom. The number of urea groups is 1. The molecule has 3 amide bonds. The average molecular weight is 311 g/mol. The minimum absolute atomic E-state index is 0.138. The summed E-state index contributed by atoms with van der Waals surface area (Å²) < 4.78 is 18.9. The molecule has 1 rings (SSSR count). The maximum absolute atomic E-state index is 13.8. The highest BCUT2D eigenvalue weighted by atomic mass is 19.1. The molecule has 6 nitrogen and oxygen atoms in total. The number of ether oxygens (including phenoxy) is 1. The van der Waals surface area contributed by atoms with Crippen molar-refractivity contribution in [2.45, 2.75) is 19.9 Å². The smallest absolute Gasteiger partial charge is 0.317 e. The van der Waals surface area contributed by atoms with Crippen LogP contribution in [0.1, 0.15) is 25.5 Å². The number of halogens is 1. The van der Waals surface area contributed by atoms with Crippen LogP contribution in [0.2, 0.25) is 0 Å². The quantitative estimate of drug-likeness (QED) is 0.839. The van der Waals surface area contributed by atoms with Gasteiger partial charge in [0.05, 0.1) is 19.2 Å². The molecular formula is C15H22FN3O3. The topological polar surface area (TPSA) is 70.7 Å². The van der Waals surface area contributed by atoms with E-state index in [0.29, 0.717) is 12.2 Å². The Bertz CT molecular complexity index is 535. The van der Waals surface area contributed by atoms with Crippen molar-refractivity contribution in [2.24, 2.45) is 0 Å². The second kappa shape index (κ2) is 8.21. The molecule has 1 aromatic carbocycles. The molecule has 0 aliphatic carbocycles. The fourth-order valence-electron chi connectivity index (χ4n) is 1.75. The maximum atomic E-state index is 13.8. The predicted molar refractivity (Wildman–Crippen MR) is 81.2 cm³/mol. The van der Waals surface area contributed by atoms with Crippen LogP contribution in [0.4, 0.5) is 9.18 Å². The van der Waals surface area contributed by atoms with E-state index in [1.165, 1.54) is 17.0 Å². The predicted octanol–water partition coefficient (Wildman–Crippen LogP) is 1.67. The van der Waals surface area contributed by atoms with Gasteiger partial charge in [0.1, 0.15) is 0 Å². The van der Waals surface area contributed by atoms with Crippen LogP contribution in [0.25, 0.3) is 0 Å². The lowest BCUT2D eigenvalue weighted by Gasteiger charge is -2.16. The number of hydrogen-bond acceptors (Lipinski definition) is 3. The second-order valence-corrected chi connectivity index (χ2v) is 4.97. The Labute approximate surface area is 129 Å². The summed E-state index contributed by atoms with van der Waals surface area (Å²) >= 11 is 0. The van der Waals surface area contributed by atoms with E-state index in [1.807, 2.05) is 0 Å². The molecule has 2 N–H and O–H groups in total. The number of rotatable bonds is 6. The number of nitrogens with zero attached hydrogens (tertiary/aromatic N) is 1. The molecule has 0 spiro atoms. The van der Waals surface area contributed by atoms with Crippen molar-refractivity contribution in [3.05, 3.63) is 29.6 Å². The standard InChI is InChI=1S/C15H22FN3O3/c1-5-22-13-7-6-11(8-12(13)16)10(2)18-14(20)9-17-15(21)19(3)4/h6-8,10H,5,9H2,1-4H3,(H,17,21)(H,18,20). The molecule has 0 saturated carbocycles. The van der Waals surface area contributed by atoms with Crippen molar-refractivity contribution >= 4 is 11.9 Å². The van der Waals surface area contributed by atoms with E-state index in [0.717, 1.165) is 0 Å². The van der Waals surface area contributed by atoms with E-state index >= 15 is 0 Å². The average Bonchev–Trinajstić information content (AvgIpc) is 2.46. The molecule has 0 aliphatic heterocycles. The van der Waals surface area contributed by atoms with Gasteiger partial charge in [-0.1, -0.05) is 6.07 Å². The highest BCUT2D eigenvalue weighted by Crippen LogP contribution is 2.22. The number of amides is 3. The molecule has 7 heteroatoms. The van der Waals surface area contributed by atoms with Crippen molar-refractivity contribution in [1.29, 1.82) is 0 Å². The van der Waals surface area contributed by atoms with Crippen LogP contribution in [-0.2, 0) is 4.79 Å². The molecule has 0 heterocycles. The number of benzene rings is 1. The zero-order chi connectivity index (χ0) is 16.7. The van der Waals surface area contributed by atoms with Crippen molar-refractivity contribution in [1.82, 2.24) is 15.5 Å². The van der Waals surface area contributed by atoms with Gasteiger partial charge in [-0.2, -0.15) is 0 Å². The first-order valence-corrected chi connectivity index (χ1v) is 7.02. The Balaban J connectivity index is 2.57. The van der Waals surface area contributed by atoms with E-state index in [2.05, 4.69) is 10.6 Å². The first-order chi connectivity index (χ1) is 10.3. The Morgan fingerprint density at radius 1 is 1.36 bits per heavy atom. The molecule has 1 atom stereocenters. The third-order valence-corrected chi connectivity index (χ3v) is 2.94. The van der Waals surface area contributed by atoms with Crippen LogP contribution in [-0.4, -0.2) is 44.1 Å². The summed E-state index contributed by atoms with van der Waals surface area (Å²) in [5.74, 6) is -0.638. The van der Waals surface area contributed by atoms with Crippen molar-refractivity contribution < 1.29 is 18.7 Å². The molecule has 0 radical (unpaired) electrons. The first-order valence-electron chi connectivity index (χ1n) is 7.02. The van der Waals surface area contributed by atoms with Gasteiger partial charge >= 0.3 is 6.03 Å². The van der Waals surface area contributed by atoms with Gasteiger partial charge in [-0.15, -0.1) is 0 Å². The third-order valence-electron chi connectivity index (χ3n) is 2.94. The second-order valence-electron chi connectivity index (χ2n) is 4.97. The number of carbonyl (C=O) groups is 2. The first kappa shape index (κ1) is 17.7. The maximum Gasteiger partial charge on any atom is 0.317 e. The zero-order valence-corrected chi connectivity index (χ0v) is 13.3. The fraction of sp³-hybridized carbons (Fsp3) is 0.467. The van der Waals surface area contributed by atoms with Crippen molar-refractivity contribution in [3.63, 3.8) is 0 Å². The van der Waals surface area contributed by atoms with E-state index in [9.17, 15) is 14.0 Å². The van der Waals surface area contributed by atoms with Gasteiger partial charge in [-0.3, -0.25) is 4.79 Å². The summed E-state index contributed by atoms with van der Waals surface area (Å²) in [5, 5.41) is 5.15. The Hall–Kier alpha value is -2.31. The summed E-state index contributed by atoms with van der Waals surface area (Å²) in [5.41, 5.74) is 0.619. The van der Waals surface area contributed by atoms with Crippen LogP contribution in [0.15, 0.2) is 18.2 Å². The van der Waals surface area contributed by atoms with Crippen LogP contribution in [0.3, 0.4) is 0 Å². The van der Waals surface area contributed by atoms with Gasteiger partial charge in [0.15, 0.2) is 11.6 Å². The van der Waals surface area contributed by atoms with Gasteiger partial charge in [0.25, 0.3) is 0 Å². The van der Waals surface area contributed by atoms with Crippen LogP contribution >= 0.6 is 0 Å². The van der Waals surface area contributed by atoms with Crippen LogP contribution in [0, 0.1) is 5.82 Å². The summed E-state index contributed by atoms with van der Waals surface area (Å²) in [6.07, 6.45) is 0. The molecule has 122 valence electrons. The van der Waals surface area contributed by atoms with Crippen molar-refractivity contribution in [3.8, 4) is 5.75 Å². The van der Waals surface area contributed by atoms with Gasteiger partial charge < -0.3 is 20.3 Å². The van der Waals surface area contributed by atoms with E-state index in [-0.39, 0.29) is 30.3 Å². The number of nitrogens with one attached hydrogen (secondary N) is 2. The molecule has 0 aliphatic rings. The molecule has 22 heavy (non-hydrogen) atoms. The lowest BCUT2D eigenvalue weighted by Crippen LogP contribution is -2.42. The Kier molecular flexibility index (Phi) is 6.62. The summed E-state index contributed by atoms with van der Waals surface area (Å²) in [6.45, 7) is 3.76. The van der Waals surface area contributed by atoms with Gasteiger partial charge in [0, 0.05) is 14.1 Å². The van der Waals surface area contributed by atoms with E-state index in [1.54, 1.807) is 34.0 Å². The molecular weight excluding hydrogens is 289 g/mol. The fourth-order valence-corrected chi connectivity index (χ4v) is 1.75. The van der Waals surface area contributed by atoms with Crippen LogP contribution < -0.4 is 15.4 Å². The highest BCUT2D eigenvalue weighted by Gasteiger charge is 2.13. The molecule has 0 fully saturated rings. The number of carbonyl (C=O) groups excluding carboxylic acids is 2. The largest absolute Gasteiger partial charge is 0.491 e. The van der Waals surface area contributed by atoms with Crippen molar-refractivity contribution in [2.75, 3.05) is 27.2 Å². The molecule has 0 bridgehead atoms. The van der Waals surface area contributed by atoms with E-state index < -0.39 is 5.82 Å². The summed E-state index contributed by atoms with van der Waals surface area (Å²) in [4.78, 5) is 24.4. The molecule has 0 aromatic heterocycles. The minimum Gasteiger partial charge on any atom is -0.491 e. The Morgan fingerprint density at radius 3 is 2.59 bits per heavy atom. The lowest BCUT2D eigenvalue weighted by atomic mass is 10.1. The summed E-state index contributed by atoms with van der Waals surface area (Å²) in [7, 11) is 3.16. The normalized spacial score (nSPS) is 11.5. The van der Waals surface area contributed by atoms with Crippen LogP contribution in [0.5, 0.6) is 5.75 Å². The zero-order valence-electron chi connectivity index (χ0n) is 13.3. The SMILES string of the molecule is CCOc1ccc(C(C)NC(=O)CNC(=O)N(C)C)cc1F. The lowest BCUT2D eigenvalue weighted by molar-refractivity contribution is -0.120. The molecule has 1 aromatic rings. The summed E-state index contributed by atoms with van der Waals surface area (Å²) in [6, 6.07) is 3.82. The highest BCUT2D eigenvalue weighted by molar-refractivity contribution is 5.84. The number of hydrogen-bond donors (Lipinski definition) is 2. The minimum atomic E-state index is -0.471. The van der Waals surface area contributed by atoms with Gasteiger partial charge in [-0.25, -0.2) is 9.18 Å². The third kappa shape index (κ3) is 5.23. The molecule has 0 saturated heterocycles. The van der Waals surface area contributed by atoms with Gasteiger partial charge in [-0.05, 0) is 31.5 Å². The van der Waals surface area contributed by atoms with E-state index in [4.69, 9.17) is 4.74 Å². The van der Waals surface area contributed by atoms with Gasteiger partial charge in [0.2, 0.25) is 5.91 Å².